The Labute approximate surface area is 103 Å². The topological polar surface area (TPSA) is 67.8 Å². The van der Waals surface area contributed by atoms with Crippen molar-refractivity contribution < 1.29 is 19.4 Å². The van der Waals surface area contributed by atoms with Gasteiger partial charge in [-0.2, -0.15) is 0 Å². The van der Waals surface area contributed by atoms with E-state index in [0.717, 1.165) is 0 Å². The van der Waals surface area contributed by atoms with Gasteiger partial charge < -0.3 is 19.9 Å². The lowest BCUT2D eigenvalue weighted by Crippen LogP contribution is -2.28. The maximum atomic E-state index is 10.8. The van der Waals surface area contributed by atoms with E-state index < -0.39 is 6.10 Å². The van der Waals surface area contributed by atoms with Gasteiger partial charge in [0.15, 0.2) is 0 Å². The first kappa shape index (κ1) is 16.1. The van der Waals surface area contributed by atoms with Crippen LogP contribution in [0.25, 0.3) is 0 Å². The number of hydrogen-bond acceptors (Lipinski definition) is 4. The molecule has 0 aliphatic heterocycles. The monoisotopic (exact) mass is 244 g/mol. The average molecular weight is 244 g/mol. The van der Waals surface area contributed by atoms with Crippen LogP contribution in [0.2, 0.25) is 0 Å². The molecular weight excluding hydrogens is 222 g/mol. The lowest BCUT2D eigenvalue weighted by atomic mass is 10.3. The molecule has 2 unspecified atom stereocenters. The summed E-state index contributed by atoms with van der Waals surface area (Å²) in [5, 5.41) is 12.0. The molecule has 0 spiro atoms. The zero-order valence-corrected chi connectivity index (χ0v) is 10.4. The molecule has 1 radical (unpaired) electrons. The Bertz CT molecular complexity index is 221. The Morgan fingerprint density at radius 2 is 2.24 bits per heavy atom. The molecule has 0 aromatic heterocycles. The zero-order chi connectivity index (χ0) is 13.1. The number of nitrogens with one attached hydrogen (secondary N) is 1. The van der Waals surface area contributed by atoms with Gasteiger partial charge in [-0.15, -0.1) is 0 Å². The van der Waals surface area contributed by atoms with Crippen molar-refractivity contribution >= 4 is 5.91 Å². The molecule has 1 amide bonds. The third kappa shape index (κ3) is 9.99. The highest BCUT2D eigenvalue weighted by Gasteiger charge is 2.07. The van der Waals surface area contributed by atoms with Gasteiger partial charge in [-0.05, 0) is 19.4 Å². The van der Waals surface area contributed by atoms with E-state index in [2.05, 4.69) is 18.8 Å². The fourth-order valence-electron chi connectivity index (χ4n) is 0.945. The molecule has 0 aliphatic carbocycles. The number of aliphatic hydroxyl groups is 1. The zero-order valence-electron chi connectivity index (χ0n) is 10.4. The summed E-state index contributed by atoms with van der Waals surface area (Å²) in [6, 6.07) is 0. The minimum atomic E-state index is -0.654. The van der Waals surface area contributed by atoms with Crippen molar-refractivity contribution in [1.82, 2.24) is 5.32 Å². The van der Waals surface area contributed by atoms with Crippen molar-refractivity contribution in [3.05, 3.63) is 19.6 Å². The van der Waals surface area contributed by atoms with Crippen molar-refractivity contribution in [2.45, 2.75) is 25.6 Å². The van der Waals surface area contributed by atoms with Gasteiger partial charge in [0, 0.05) is 6.54 Å². The summed E-state index contributed by atoms with van der Waals surface area (Å²) in [4.78, 5) is 10.8. The van der Waals surface area contributed by atoms with E-state index in [9.17, 15) is 9.90 Å². The number of rotatable bonds is 10. The number of amides is 1. The Kier molecular flexibility index (Phi) is 9.71. The second-order valence-electron chi connectivity index (χ2n) is 3.66. The molecule has 0 aromatic rings. The van der Waals surface area contributed by atoms with Crippen molar-refractivity contribution in [2.24, 2.45) is 0 Å². The Hall–Kier alpha value is -0.910. The van der Waals surface area contributed by atoms with E-state index in [-0.39, 0.29) is 25.2 Å². The van der Waals surface area contributed by atoms with Crippen LogP contribution in [0, 0.1) is 6.92 Å². The summed E-state index contributed by atoms with van der Waals surface area (Å²) in [6.45, 7) is 10.1. The second kappa shape index (κ2) is 10.3. The van der Waals surface area contributed by atoms with Crippen LogP contribution in [0.1, 0.15) is 13.3 Å². The van der Waals surface area contributed by atoms with Crippen molar-refractivity contribution in [1.29, 1.82) is 0 Å². The number of aliphatic hydroxyl groups excluding tert-OH is 1. The molecule has 5 heteroatoms. The number of hydrogen-bond donors (Lipinski definition) is 2. The van der Waals surface area contributed by atoms with Crippen LogP contribution in [-0.2, 0) is 14.3 Å². The molecule has 0 aliphatic rings. The normalized spacial score (nSPS) is 14.1. The standard InChI is InChI=1S/C12H22NO4/c1-4-10(3)17-9-11(14)8-16-7-6-13-12(15)5-2/h5,10-11,14H,1-2,4,6-9H2,3H3,(H,13,15). The van der Waals surface area contributed by atoms with Gasteiger partial charge in [0.25, 0.3) is 0 Å². The van der Waals surface area contributed by atoms with Crippen LogP contribution in [0.5, 0.6) is 0 Å². The molecule has 0 heterocycles. The molecule has 5 nitrogen and oxygen atoms in total. The molecule has 0 saturated carbocycles. The van der Waals surface area contributed by atoms with Gasteiger partial charge in [0.2, 0.25) is 5.91 Å². The third-order valence-corrected chi connectivity index (χ3v) is 2.02. The lowest BCUT2D eigenvalue weighted by Gasteiger charge is -2.15. The minimum Gasteiger partial charge on any atom is -0.388 e. The number of carbonyl (C=O) groups is 1. The summed E-state index contributed by atoms with van der Waals surface area (Å²) >= 11 is 0. The van der Waals surface area contributed by atoms with Crippen molar-refractivity contribution in [2.75, 3.05) is 26.4 Å². The van der Waals surface area contributed by atoms with E-state index >= 15 is 0 Å². The average Bonchev–Trinajstić information content (AvgIpc) is 2.34. The van der Waals surface area contributed by atoms with Gasteiger partial charge in [-0.1, -0.05) is 13.5 Å². The Balaban J connectivity index is 3.35. The molecule has 2 N–H and O–H groups in total. The van der Waals surface area contributed by atoms with Crippen LogP contribution in [-0.4, -0.2) is 49.6 Å². The fourth-order valence-corrected chi connectivity index (χ4v) is 0.945. The summed E-state index contributed by atoms with van der Waals surface area (Å²) in [5.41, 5.74) is 0. The maximum Gasteiger partial charge on any atom is 0.243 e. The van der Waals surface area contributed by atoms with Crippen molar-refractivity contribution in [3.8, 4) is 0 Å². The quantitative estimate of drug-likeness (QED) is 0.428. The summed E-state index contributed by atoms with van der Waals surface area (Å²) in [6.07, 6.45) is 1.25. The summed E-state index contributed by atoms with van der Waals surface area (Å²) in [7, 11) is 0. The van der Waals surface area contributed by atoms with Crippen molar-refractivity contribution in [3.63, 3.8) is 0 Å². The molecule has 99 valence electrons. The first-order chi connectivity index (χ1) is 8.10. The van der Waals surface area contributed by atoms with Crippen LogP contribution < -0.4 is 5.32 Å². The maximum absolute atomic E-state index is 10.8. The molecule has 2 atom stereocenters. The molecule has 0 saturated heterocycles. The molecule has 0 rings (SSSR count). The van der Waals surface area contributed by atoms with Crippen LogP contribution in [0.4, 0.5) is 0 Å². The molecule has 0 bridgehead atoms. The molecule has 17 heavy (non-hydrogen) atoms. The van der Waals surface area contributed by atoms with E-state index in [1.807, 2.05) is 6.92 Å². The Morgan fingerprint density at radius 3 is 2.82 bits per heavy atom. The van der Waals surface area contributed by atoms with E-state index in [1.165, 1.54) is 6.08 Å². The minimum absolute atomic E-state index is 0.0385. The highest BCUT2D eigenvalue weighted by molar-refractivity contribution is 5.86. The van der Waals surface area contributed by atoms with Gasteiger partial charge >= 0.3 is 0 Å². The van der Waals surface area contributed by atoms with Crippen LogP contribution in [0.3, 0.4) is 0 Å². The second-order valence-corrected chi connectivity index (χ2v) is 3.66. The fraction of sp³-hybridized carbons (Fsp3) is 0.667. The first-order valence-electron chi connectivity index (χ1n) is 5.67. The van der Waals surface area contributed by atoms with Gasteiger partial charge in [0.05, 0.1) is 25.9 Å². The predicted molar refractivity (Wildman–Crippen MR) is 65.4 cm³/mol. The number of carbonyl (C=O) groups excluding carboxylic acids is 1. The van der Waals surface area contributed by atoms with Gasteiger partial charge in [0.1, 0.15) is 6.10 Å². The third-order valence-electron chi connectivity index (χ3n) is 2.02. The molecular formula is C12H22NO4. The summed E-state index contributed by atoms with van der Waals surface area (Å²) < 4.78 is 10.5. The smallest absolute Gasteiger partial charge is 0.243 e. The highest BCUT2D eigenvalue weighted by atomic mass is 16.5. The molecule has 0 fully saturated rings. The lowest BCUT2D eigenvalue weighted by molar-refractivity contribution is -0.116. The first-order valence-corrected chi connectivity index (χ1v) is 5.67. The van der Waals surface area contributed by atoms with E-state index in [0.29, 0.717) is 19.6 Å². The van der Waals surface area contributed by atoms with Gasteiger partial charge in [-0.3, -0.25) is 4.79 Å². The van der Waals surface area contributed by atoms with Crippen LogP contribution >= 0.6 is 0 Å². The molecule has 0 aromatic carbocycles. The Morgan fingerprint density at radius 1 is 1.53 bits per heavy atom. The van der Waals surface area contributed by atoms with Gasteiger partial charge in [-0.25, -0.2) is 0 Å². The highest BCUT2D eigenvalue weighted by Crippen LogP contribution is 1.97. The predicted octanol–water partition coefficient (Wildman–Crippen LogP) is 0.295. The largest absolute Gasteiger partial charge is 0.388 e. The van der Waals surface area contributed by atoms with E-state index in [1.54, 1.807) is 0 Å². The van der Waals surface area contributed by atoms with E-state index in [4.69, 9.17) is 9.47 Å². The van der Waals surface area contributed by atoms with Crippen LogP contribution in [0.15, 0.2) is 12.7 Å². The SMILES string of the molecule is [CH2]CC(C)OCC(O)COCCNC(=O)C=C. The summed E-state index contributed by atoms with van der Waals surface area (Å²) in [5.74, 6) is -0.234. The number of ether oxygens (including phenoxy) is 2.